The predicted octanol–water partition coefficient (Wildman–Crippen LogP) is -1.23. The number of nitrogens with zero attached hydrogens (tertiary/aromatic N) is 3. The van der Waals surface area contributed by atoms with Crippen LogP contribution in [0.4, 0.5) is 0 Å². The molecule has 4 N–H and O–H groups in total. The molecule has 9 heteroatoms. The van der Waals surface area contributed by atoms with Gasteiger partial charge in [0.05, 0.1) is 39.1 Å². The molecule has 0 aromatic heterocycles. The summed E-state index contributed by atoms with van der Waals surface area (Å²) >= 11 is 0. The Labute approximate surface area is 105 Å². The average Bonchev–Trinajstić information content (AvgIpc) is 2.38. The lowest BCUT2D eigenvalue weighted by Gasteiger charge is -2.10. The third kappa shape index (κ3) is 9.82. The molecular formula is C9H19N5O4. The van der Waals surface area contributed by atoms with Gasteiger partial charge in [-0.15, -0.1) is 0 Å². The Hall–Kier alpha value is -1.38. The number of amides is 1. The van der Waals surface area contributed by atoms with E-state index in [-0.39, 0.29) is 25.7 Å². The van der Waals surface area contributed by atoms with Gasteiger partial charge in [0, 0.05) is 18.0 Å². The van der Waals surface area contributed by atoms with Crippen molar-refractivity contribution in [2.45, 2.75) is 6.04 Å². The lowest BCUT2D eigenvalue weighted by atomic mass is 10.3. The van der Waals surface area contributed by atoms with Gasteiger partial charge in [-0.1, -0.05) is 5.11 Å². The highest BCUT2D eigenvalue weighted by Crippen LogP contribution is 1.83. The molecule has 18 heavy (non-hydrogen) atoms. The van der Waals surface area contributed by atoms with E-state index in [4.69, 9.17) is 25.8 Å². The number of rotatable bonds is 11. The van der Waals surface area contributed by atoms with Crippen molar-refractivity contribution in [1.29, 1.82) is 0 Å². The van der Waals surface area contributed by atoms with Crippen molar-refractivity contribution in [3.8, 4) is 0 Å². The van der Waals surface area contributed by atoms with Crippen LogP contribution in [-0.2, 0) is 14.3 Å². The number of nitrogens with two attached hydrogens (primary N) is 1. The van der Waals surface area contributed by atoms with Crippen LogP contribution in [0.1, 0.15) is 0 Å². The molecule has 1 atom stereocenters. The number of carbonyl (C=O) groups excluding carboxylic acids is 1. The summed E-state index contributed by atoms with van der Waals surface area (Å²) in [6, 6.07) is -0.839. The highest BCUT2D eigenvalue weighted by molar-refractivity contribution is 5.81. The summed E-state index contributed by atoms with van der Waals surface area (Å²) in [4.78, 5) is 13.8. The Morgan fingerprint density at radius 3 is 2.67 bits per heavy atom. The fourth-order valence-electron chi connectivity index (χ4n) is 0.971. The normalized spacial score (nSPS) is 11.7. The van der Waals surface area contributed by atoms with Gasteiger partial charge in [-0.2, -0.15) is 0 Å². The van der Waals surface area contributed by atoms with E-state index >= 15 is 0 Å². The molecule has 0 saturated heterocycles. The number of nitrogens with one attached hydrogen (secondary N) is 1. The molecular weight excluding hydrogens is 242 g/mol. The van der Waals surface area contributed by atoms with E-state index in [1.165, 1.54) is 0 Å². The Bertz CT molecular complexity index is 270. The standard InChI is InChI=1S/C9H19N5O4/c10-8(7-13-14-11)9(16)12-1-3-17-5-6-18-4-2-15/h8,15H,1-7,10H2,(H,12,16). The molecule has 0 aromatic rings. The van der Waals surface area contributed by atoms with Crippen LogP contribution < -0.4 is 11.1 Å². The molecule has 0 rings (SSSR count). The first-order valence-corrected chi connectivity index (χ1v) is 5.53. The molecule has 104 valence electrons. The van der Waals surface area contributed by atoms with E-state index in [1.807, 2.05) is 0 Å². The van der Waals surface area contributed by atoms with Crippen molar-refractivity contribution >= 4 is 5.91 Å². The highest BCUT2D eigenvalue weighted by Gasteiger charge is 2.10. The van der Waals surface area contributed by atoms with Crippen LogP contribution in [0.5, 0.6) is 0 Å². The number of azide groups is 1. The quantitative estimate of drug-likeness (QED) is 0.184. The molecule has 0 aliphatic rings. The number of ether oxygens (including phenoxy) is 2. The zero-order chi connectivity index (χ0) is 13.6. The van der Waals surface area contributed by atoms with Crippen LogP contribution in [0.25, 0.3) is 10.4 Å². The number of aliphatic hydroxyl groups is 1. The first-order valence-electron chi connectivity index (χ1n) is 5.53. The van der Waals surface area contributed by atoms with E-state index in [9.17, 15) is 4.79 Å². The smallest absolute Gasteiger partial charge is 0.237 e. The number of aliphatic hydroxyl groups excluding tert-OH is 1. The van der Waals surface area contributed by atoms with E-state index in [0.717, 1.165) is 0 Å². The zero-order valence-electron chi connectivity index (χ0n) is 10.1. The molecule has 0 saturated carbocycles. The maximum absolute atomic E-state index is 11.3. The van der Waals surface area contributed by atoms with Crippen LogP contribution in [0, 0.1) is 0 Å². The van der Waals surface area contributed by atoms with Crippen LogP contribution in [0.2, 0.25) is 0 Å². The average molecular weight is 261 g/mol. The molecule has 0 heterocycles. The van der Waals surface area contributed by atoms with Gasteiger partial charge < -0.3 is 25.6 Å². The van der Waals surface area contributed by atoms with E-state index < -0.39 is 6.04 Å². The van der Waals surface area contributed by atoms with E-state index in [1.54, 1.807) is 0 Å². The summed E-state index contributed by atoms with van der Waals surface area (Å²) < 4.78 is 10.1. The Kier molecular flexibility index (Phi) is 11.2. The minimum Gasteiger partial charge on any atom is -0.394 e. The first-order chi connectivity index (χ1) is 8.72. The highest BCUT2D eigenvalue weighted by atomic mass is 16.5. The van der Waals surface area contributed by atoms with Crippen molar-refractivity contribution in [2.75, 3.05) is 46.1 Å². The number of carbonyl (C=O) groups is 1. The topological polar surface area (TPSA) is 143 Å². The molecule has 0 fully saturated rings. The molecule has 0 radical (unpaired) electrons. The fourth-order valence-corrected chi connectivity index (χ4v) is 0.971. The summed E-state index contributed by atoms with van der Waals surface area (Å²) in [5.74, 6) is -0.387. The van der Waals surface area contributed by atoms with Crippen molar-refractivity contribution in [3.63, 3.8) is 0 Å². The van der Waals surface area contributed by atoms with Gasteiger partial charge in [0.2, 0.25) is 5.91 Å². The molecule has 0 aliphatic heterocycles. The van der Waals surface area contributed by atoms with Crippen molar-refractivity contribution in [2.24, 2.45) is 10.8 Å². The second-order valence-corrected chi connectivity index (χ2v) is 3.26. The second kappa shape index (κ2) is 12.1. The van der Waals surface area contributed by atoms with Crippen molar-refractivity contribution in [1.82, 2.24) is 5.32 Å². The summed E-state index contributed by atoms with van der Waals surface area (Å²) in [7, 11) is 0. The summed E-state index contributed by atoms with van der Waals surface area (Å²) in [5.41, 5.74) is 13.5. The van der Waals surface area contributed by atoms with E-state index in [0.29, 0.717) is 26.4 Å². The Morgan fingerprint density at radius 2 is 2.06 bits per heavy atom. The molecule has 0 bridgehead atoms. The fraction of sp³-hybridized carbons (Fsp3) is 0.889. The Morgan fingerprint density at radius 1 is 1.39 bits per heavy atom. The maximum atomic E-state index is 11.3. The molecule has 0 aliphatic carbocycles. The molecule has 1 amide bonds. The van der Waals surface area contributed by atoms with Gasteiger partial charge in [-0.05, 0) is 5.53 Å². The maximum Gasteiger partial charge on any atom is 0.237 e. The van der Waals surface area contributed by atoms with Gasteiger partial charge in [-0.25, -0.2) is 0 Å². The number of hydrogen-bond donors (Lipinski definition) is 3. The summed E-state index contributed by atoms with van der Waals surface area (Å²) in [5, 5.41) is 14.2. The van der Waals surface area contributed by atoms with Gasteiger partial charge in [-0.3, -0.25) is 4.79 Å². The third-order valence-electron chi connectivity index (χ3n) is 1.83. The monoisotopic (exact) mass is 261 g/mol. The predicted molar refractivity (Wildman–Crippen MR) is 63.7 cm³/mol. The van der Waals surface area contributed by atoms with Crippen molar-refractivity contribution in [3.05, 3.63) is 10.4 Å². The molecule has 9 nitrogen and oxygen atoms in total. The molecule has 0 spiro atoms. The zero-order valence-corrected chi connectivity index (χ0v) is 10.1. The van der Waals surface area contributed by atoms with Gasteiger partial charge in [0.25, 0.3) is 0 Å². The minimum absolute atomic E-state index is 0.0148. The molecule has 1 unspecified atom stereocenters. The largest absolute Gasteiger partial charge is 0.394 e. The minimum atomic E-state index is -0.839. The lowest BCUT2D eigenvalue weighted by Crippen LogP contribution is -2.43. The number of hydrogen-bond acceptors (Lipinski definition) is 6. The second-order valence-electron chi connectivity index (χ2n) is 3.26. The van der Waals surface area contributed by atoms with Gasteiger partial charge >= 0.3 is 0 Å². The van der Waals surface area contributed by atoms with Crippen molar-refractivity contribution < 1.29 is 19.4 Å². The SMILES string of the molecule is [N-]=[N+]=NCC(N)C(=O)NCCOCCOCCO. The van der Waals surface area contributed by atoms with E-state index in [2.05, 4.69) is 15.3 Å². The third-order valence-corrected chi connectivity index (χ3v) is 1.83. The summed E-state index contributed by atoms with van der Waals surface area (Å²) in [6.45, 7) is 1.64. The van der Waals surface area contributed by atoms with Gasteiger partial charge in [0.15, 0.2) is 0 Å². The summed E-state index contributed by atoms with van der Waals surface area (Å²) in [6.07, 6.45) is 0. The Balaban J connectivity index is 3.37. The first kappa shape index (κ1) is 16.6. The van der Waals surface area contributed by atoms with Crippen LogP contribution >= 0.6 is 0 Å². The van der Waals surface area contributed by atoms with Crippen LogP contribution in [0.3, 0.4) is 0 Å². The van der Waals surface area contributed by atoms with Gasteiger partial charge in [0.1, 0.15) is 0 Å². The van der Waals surface area contributed by atoms with Crippen LogP contribution in [0.15, 0.2) is 5.11 Å². The lowest BCUT2D eigenvalue weighted by molar-refractivity contribution is -0.122. The van der Waals surface area contributed by atoms with Crippen LogP contribution in [-0.4, -0.2) is 63.2 Å². The molecule has 0 aromatic carbocycles.